The Morgan fingerprint density at radius 3 is 2.61 bits per heavy atom. The Kier molecular flexibility index (Phi) is 9.85. The number of fused-ring (bicyclic) bond motifs is 1. The lowest BCUT2D eigenvalue weighted by Gasteiger charge is -2.26. The van der Waals surface area contributed by atoms with Gasteiger partial charge in [0.1, 0.15) is 24.4 Å². The number of amides is 7. The van der Waals surface area contributed by atoms with E-state index in [0.717, 1.165) is 0 Å². The van der Waals surface area contributed by atoms with E-state index < -0.39 is 48.0 Å². The van der Waals surface area contributed by atoms with E-state index >= 15 is 0 Å². The van der Waals surface area contributed by atoms with Crippen molar-refractivity contribution in [1.82, 2.24) is 31.1 Å². The quantitative estimate of drug-likeness (QED) is 0.266. The molecule has 0 saturated carbocycles. The lowest BCUT2D eigenvalue weighted by molar-refractivity contribution is -0.136. The second kappa shape index (κ2) is 13.3. The molecule has 2 aliphatic heterocycles. The number of nitrogens with zero attached hydrogens (tertiary/aromatic N) is 2. The number of para-hydroxylation sites is 1. The van der Waals surface area contributed by atoms with Gasteiger partial charge in [-0.15, -0.1) is 0 Å². The second-order valence-corrected chi connectivity index (χ2v) is 8.97. The van der Waals surface area contributed by atoms with E-state index in [1.165, 1.54) is 22.9 Å². The average molecular weight is 532 g/mol. The smallest absolute Gasteiger partial charge is 0.317 e. The summed E-state index contributed by atoms with van der Waals surface area (Å²) in [4.78, 5) is 78.0. The van der Waals surface area contributed by atoms with Gasteiger partial charge in [-0.1, -0.05) is 12.1 Å². The lowest BCUT2D eigenvalue weighted by Crippen LogP contribution is -2.53. The van der Waals surface area contributed by atoms with E-state index in [2.05, 4.69) is 21.3 Å². The maximum Gasteiger partial charge on any atom is 0.317 e. The van der Waals surface area contributed by atoms with Crippen molar-refractivity contribution in [3.8, 4) is 5.75 Å². The van der Waals surface area contributed by atoms with Gasteiger partial charge in [0.05, 0.1) is 18.5 Å². The summed E-state index contributed by atoms with van der Waals surface area (Å²) >= 11 is 0. The molecule has 1 aromatic rings. The highest BCUT2D eigenvalue weighted by atomic mass is 16.5. The molecule has 14 heteroatoms. The topological polar surface area (TPSA) is 192 Å². The maximum atomic E-state index is 13.1. The van der Waals surface area contributed by atoms with E-state index in [0.29, 0.717) is 13.1 Å². The first-order chi connectivity index (χ1) is 18.2. The van der Waals surface area contributed by atoms with Gasteiger partial charge in [0.25, 0.3) is 5.91 Å². The average Bonchev–Trinajstić information content (AvgIpc) is 3.29. The summed E-state index contributed by atoms with van der Waals surface area (Å²) in [6.07, 6.45) is -0.650. The number of nitrogens with one attached hydrogen (secondary N) is 4. The fourth-order valence-corrected chi connectivity index (χ4v) is 4.04. The number of benzene rings is 1. The van der Waals surface area contributed by atoms with Gasteiger partial charge in [0.15, 0.2) is 0 Å². The monoisotopic (exact) mass is 531 g/mol. The molecular formula is C24H33N7O7. The van der Waals surface area contributed by atoms with Gasteiger partial charge in [0.2, 0.25) is 23.6 Å². The minimum Gasteiger partial charge on any atom is -0.491 e. The lowest BCUT2D eigenvalue weighted by atomic mass is 10.1. The van der Waals surface area contributed by atoms with Crippen molar-refractivity contribution < 1.29 is 33.5 Å². The zero-order valence-electron chi connectivity index (χ0n) is 21.2. The third-order valence-corrected chi connectivity index (χ3v) is 6.14. The van der Waals surface area contributed by atoms with Gasteiger partial charge < -0.3 is 41.5 Å². The van der Waals surface area contributed by atoms with Crippen LogP contribution in [0.5, 0.6) is 5.75 Å². The third-order valence-electron chi connectivity index (χ3n) is 6.14. The number of likely N-dealkylation sites (N-methyl/N-ethyl adjacent to an activating group) is 1. The van der Waals surface area contributed by atoms with Gasteiger partial charge in [-0.3, -0.25) is 24.0 Å². The Morgan fingerprint density at radius 1 is 1.13 bits per heavy atom. The molecule has 38 heavy (non-hydrogen) atoms. The first-order valence-electron chi connectivity index (χ1n) is 12.3. The number of rotatable bonds is 7. The summed E-state index contributed by atoms with van der Waals surface area (Å²) in [5.41, 5.74) is 5.39. The van der Waals surface area contributed by atoms with Crippen LogP contribution in [0.2, 0.25) is 0 Å². The van der Waals surface area contributed by atoms with Crippen LogP contribution in [-0.2, 0) is 19.2 Å². The van der Waals surface area contributed by atoms with Crippen molar-refractivity contribution in [3.63, 3.8) is 0 Å². The molecule has 206 valence electrons. The predicted molar refractivity (Wildman–Crippen MR) is 134 cm³/mol. The third kappa shape index (κ3) is 7.82. The van der Waals surface area contributed by atoms with Crippen molar-refractivity contribution in [2.24, 2.45) is 5.73 Å². The Hall–Kier alpha value is -4.36. The molecule has 0 radical (unpaired) electrons. The number of hydrogen-bond donors (Lipinski definition) is 5. The number of carbonyl (C=O) groups is 6. The molecule has 2 heterocycles. The number of carbonyl (C=O) groups excluding carboxylic acids is 6. The van der Waals surface area contributed by atoms with Crippen LogP contribution in [0.4, 0.5) is 4.79 Å². The van der Waals surface area contributed by atoms with Crippen LogP contribution >= 0.6 is 0 Å². The van der Waals surface area contributed by atoms with Crippen molar-refractivity contribution in [1.29, 1.82) is 0 Å². The van der Waals surface area contributed by atoms with Gasteiger partial charge in [-0.2, -0.15) is 0 Å². The van der Waals surface area contributed by atoms with Crippen LogP contribution in [0.15, 0.2) is 24.3 Å². The van der Waals surface area contributed by atoms with Crippen molar-refractivity contribution in [2.45, 2.75) is 31.3 Å². The van der Waals surface area contributed by atoms with E-state index in [1.54, 1.807) is 18.2 Å². The van der Waals surface area contributed by atoms with Gasteiger partial charge in [0, 0.05) is 39.6 Å². The van der Waals surface area contributed by atoms with Crippen LogP contribution in [0.1, 0.15) is 29.6 Å². The molecule has 2 atom stereocenters. The Morgan fingerprint density at radius 2 is 1.89 bits per heavy atom. The van der Waals surface area contributed by atoms with Crippen LogP contribution in [0.3, 0.4) is 0 Å². The number of primary amides is 1. The summed E-state index contributed by atoms with van der Waals surface area (Å²) < 4.78 is 5.74. The Bertz CT molecular complexity index is 1080. The number of hydrogen-bond acceptors (Lipinski definition) is 7. The fraction of sp³-hybridized carbons (Fsp3) is 0.500. The van der Waals surface area contributed by atoms with Gasteiger partial charge >= 0.3 is 6.03 Å². The van der Waals surface area contributed by atoms with Crippen LogP contribution < -0.4 is 31.7 Å². The normalized spacial score (nSPS) is 20.9. The van der Waals surface area contributed by atoms with Crippen molar-refractivity contribution in [2.75, 3.05) is 46.4 Å². The Balaban J connectivity index is 1.80. The molecule has 0 aliphatic carbocycles. The molecule has 0 bridgehead atoms. The number of ether oxygens (including phenoxy) is 1. The molecule has 6 N–H and O–H groups in total. The summed E-state index contributed by atoms with van der Waals surface area (Å²) in [6.45, 7) is 1.57. The molecule has 0 spiro atoms. The van der Waals surface area contributed by atoms with Gasteiger partial charge in [-0.05, 0) is 18.6 Å². The molecule has 3 rings (SSSR count). The highest BCUT2D eigenvalue weighted by molar-refractivity contribution is 6.01. The summed E-state index contributed by atoms with van der Waals surface area (Å²) in [5.74, 6) is -2.79. The first kappa shape index (κ1) is 28.2. The van der Waals surface area contributed by atoms with E-state index in [4.69, 9.17) is 10.5 Å². The van der Waals surface area contributed by atoms with E-state index in [9.17, 15) is 28.8 Å². The number of nitrogens with two attached hydrogens (primary N) is 1. The largest absolute Gasteiger partial charge is 0.491 e. The van der Waals surface area contributed by atoms with E-state index in [1.807, 2.05) is 0 Å². The molecule has 7 amide bonds. The standard InChI is InChI=1S/C24H33N7O7/c1-30-12-13-38-18-5-3-2-4-15(18)21(34)29-17(22(35)26-8-10-31-11-9-27-24(31)37)14-20(33)28-16(23(30)36)6-7-19(25)32/h2-5,16-17H,6-14H2,1H3,(H2,25,32)(H,26,35)(H,27,37)(H,28,33)(H,29,34)/t16-,17-/m0/s1. The summed E-state index contributed by atoms with van der Waals surface area (Å²) in [5, 5.41) is 10.4. The molecule has 2 aliphatic rings. The minimum absolute atomic E-state index is 0.0327. The first-order valence-corrected chi connectivity index (χ1v) is 12.3. The maximum absolute atomic E-state index is 13.1. The van der Waals surface area contributed by atoms with Crippen molar-refractivity contribution >= 4 is 35.6 Å². The number of urea groups is 1. The Labute approximate surface area is 219 Å². The highest BCUT2D eigenvalue weighted by Crippen LogP contribution is 2.18. The second-order valence-electron chi connectivity index (χ2n) is 8.97. The van der Waals surface area contributed by atoms with Crippen LogP contribution in [0, 0.1) is 0 Å². The molecule has 1 fully saturated rings. The van der Waals surface area contributed by atoms with Crippen LogP contribution in [0.25, 0.3) is 0 Å². The molecular weight excluding hydrogens is 498 g/mol. The summed E-state index contributed by atoms with van der Waals surface area (Å²) in [7, 11) is 1.52. The fourth-order valence-electron chi connectivity index (χ4n) is 4.04. The molecule has 0 unspecified atom stereocenters. The van der Waals surface area contributed by atoms with E-state index in [-0.39, 0.29) is 56.4 Å². The molecule has 1 aromatic carbocycles. The minimum atomic E-state index is -1.30. The highest BCUT2D eigenvalue weighted by Gasteiger charge is 2.30. The molecule has 1 saturated heterocycles. The summed E-state index contributed by atoms with van der Waals surface area (Å²) in [6, 6.07) is 3.81. The SMILES string of the molecule is CN1CCOc2ccccc2C(=O)N[C@H](C(=O)NCCN2CCNC2=O)CC(=O)N[C@@H](CCC(N)=O)C1=O. The van der Waals surface area contributed by atoms with Gasteiger partial charge in [-0.25, -0.2) is 4.79 Å². The van der Waals surface area contributed by atoms with Crippen LogP contribution in [-0.4, -0.2) is 104 Å². The molecule has 14 nitrogen and oxygen atoms in total. The van der Waals surface area contributed by atoms with Crippen molar-refractivity contribution in [3.05, 3.63) is 29.8 Å². The molecule has 0 aromatic heterocycles. The predicted octanol–water partition coefficient (Wildman–Crippen LogP) is -2.08. The zero-order chi connectivity index (χ0) is 27.7. The zero-order valence-corrected chi connectivity index (χ0v) is 21.2.